The molecule has 16 heavy (non-hydrogen) atoms. The molecule has 0 unspecified atom stereocenters. The molecule has 2 nitrogen and oxygen atoms in total. The van der Waals surface area contributed by atoms with E-state index in [9.17, 15) is 9.50 Å². The van der Waals surface area contributed by atoms with Crippen molar-refractivity contribution >= 4 is 11.6 Å². The van der Waals surface area contributed by atoms with E-state index in [1.807, 2.05) is 0 Å². The molecule has 88 valence electrons. The molecule has 1 aromatic carbocycles. The molecule has 0 spiro atoms. The van der Waals surface area contributed by atoms with Gasteiger partial charge in [-0.25, -0.2) is 4.39 Å². The van der Waals surface area contributed by atoms with Gasteiger partial charge in [-0.1, -0.05) is 11.6 Å². The van der Waals surface area contributed by atoms with E-state index >= 15 is 0 Å². The quantitative estimate of drug-likeness (QED) is 0.863. The fourth-order valence-corrected chi connectivity index (χ4v) is 2.18. The molecule has 0 aliphatic carbocycles. The lowest BCUT2D eigenvalue weighted by Crippen LogP contribution is -2.35. The number of likely N-dealkylation sites (tertiary alicyclic amines) is 1. The van der Waals surface area contributed by atoms with Crippen molar-refractivity contribution in [2.24, 2.45) is 0 Å². The predicted octanol–water partition coefficient (Wildman–Crippen LogP) is 2.44. The third kappa shape index (κ3) is 2.94. The molecule has 1 heterocycles. The van der Waals surface area contributed by atoms with Gasteiger partial charge in [-0.05, 0) is 31.0 Å². The van der Waals surface area contributed by atoms with Crippen LogP contribution in [0, 0.1) is 5.82 Å². The van der Waals surface area contributed by atoms with Crippen LogP contribution in [0.25, 0.3) is 0 Å². The van der Waals surface area contributed by atoms with Crippen molar-refractivity contribution in [3.63, 3.8) is 0 Å². The highest BCUT2D eigenvalue weighted by Gasteiger charge is 2.18. The van der Waals surface area contributed by atoms with Gasteiger partial charge in [0.2, 0.25) is 0 Å². The summed E-state index contributed by atoms with van der Waals surface area (Å²) < 4.78 is 13.5. The molecule has 0 amide bonds. The van der Waals surface area contributed by atoms with Gasteiger partial charge in [0.1, 0.15) is 5.82 Å². The van der Waals surface area contributed by atoms with E-state index in [0.29, 0.717) is 17.1 Å². The van der Waals surface area contributed by atoms with Gasteiger partial charge < -0.3 is 5.11 Å². The lowest BCUT2D eigenvalue weighted by atomic mass is 10.1. The SMILES string of the molecule is OC1CCN(Cc2cc(Cl)ccc2F)CC1. The van der Waals surface area contributed by atoms with Crippen LogP contribution in [0.5, 0.6) is 0 Å². The Hall–Kier alpha value is -0.640. The Kier molecular flexibility index (Phi) is 3.79. The monoisotopic (exact) mass is 243 g/mol. The summed E-state index contributed by atoms with van der Waals surface area (Å²) in [6.07, 6.45) is 1.34. The number of aliphatic hydroxyl groups is 1. The molecule has 0 radical (unpaired) electrons. The third-order valence-corrected chi connectivity index (χ3v) is 3.19. The van der Waals surface area contributed by atoms with Gasteiger partial charge in [-0.3, -0.25) is 4.90 Å². The van der Waals surface area contributed by atoms with E-state index in [2.05, 4.69) is 4.90 Å². The van der Waals surface area contributed by atoms with Crippen LogP contribution in [0.1, 0.15) is 18.4 Å². The Morgan fingerprint density at radius 3 is 2.75 bits per heavy atom. The largest absolute Gasteiger partial charge is 0.393 e. The van der Waals surface area contributed by atoms with Gasteiger partial charge >= 0.3 is 0 Å². The summed E-state index contributed by atoms with van der Waals surface area (Å²) in [5.41, 5.74) is 0.629. The zero-order chi connectivity index (χ0) is 11.5. The van der Waals surface area contributed by atoms with E-state index < -0.39 is 0 Å². The second-order valence-corrected chi connectivity index (χ2v) is 4.68. The van der Waals surface area contributed by atoms with E-state index in [0.717, 1.165) is 25.9 Å². The van der Waals surface area contributed by atoms with Crippen molar-refractivity contribution in [2.75, 3.05) is 13.1 Å². The lowest BCUT2D eigenvalue weighted by molar-refractivity contribution is 0.0787. The number of nitrogens with zero attached hydrogens (tertiary/aromatic N) is 1. The van der Waals surface area contributed by atoms with Gasteiger partial charge in [-0.2, -0.15) is 0 Å². The minimum Gasteiger partial charge on any atom is -0.393 e. The fourth-order valence-electron chi connectivity index (χ4n) is 1.98. The number of aliphatic hydroxyl groups excluding tert-OH is 1. The number of hydrogen-bond donors (Lipinski definition) is 1. The average Bonchev–Trinajstić information content (AvgIpc) is 2.27. The smallest absolute Gasteiger partial charge is 0.127 e. The van der Waals surface area contributed by atoms with Crippen LogP contribution in [0.4, 0.5) is 4.39 Å². The second kappa shape index (κ2) is 5.13. The van der Waals surface area contributed by atoms with Crippen LogP contribution in [-0.2, 0) is 6.54 Å². The summed E-state index contributed by atoms with van der Waals surface area (Å²) in [6, 6.07) is 4.62. The van der Waals surface area contributed by atoms with Crippen molar-refractivity contribution in [2.45, 2.75) is 25.5 Å². The van der Waals surface area contributed by atoms with Gasteiger partial charge in [0.15, 0.2) is 0 Å². The first-order valence-electron chi connectivity index (χ1n) is 5.49. The molecule has 0 bridgehead atoms. The molecule has 0 saturated carbocycles. The Bertz CT molecular complexity index is 364. The van der Waals surface area contributed by atoms with Crippen molar-refractivity contribution in [1.29, 1.82) is 0 Å². The minimum atomic E-state index is -0.212. The number of hydrogen-bond acceptors (Lipinski definition) is 2. The minimum absolute atomic E-state index is 0.194. The Labute approximate surface area is 99.6 Å². The van der Waals surface area contributed by atoms with Gasteiger partial charge in [0.05, 0.1) is 6.10 Å². The summed E-state index contributed by atoms with van der Waals surface area (Å²) in [7, 11) is 0. The Morgan fingerprint density at radius 1 is 1.38 bits per heavy atom. The number of halogens is 2. The molecular formula is C12H15ClFNO. The average molecular weight is 244 g/mol. The summed E-state index contributed by atoms with van der Waals surface area (Å²) in [6.45, 7) is 2.19. The molecule has 1 aromatic rings. The van der Waals surface area contributed by atoms with Crippen LogP contribution in [-0.4, -0.2) is 29.2 Å². The maximum Gasteiger partial charge on any atom is 0.127 e. The first-order valence-corrected chi connectivity index (χ1v) is 5.87. The molecule has 4 heteroatoms. The van der Waals surface area contributed by atoms with E-state index in [4.69, 9.17) is 11.6 Å². The van der Waals surface area contributed by atoms with Gasteiger partial charge in [0.25, 0.3) is 0 Å². The zero-order valence-corrected chi connectivity index (χ0v) is 9.75. The third-order valence-electron chi connectivity index (χ3n) is 2.96. The van der Waals surface area contributed by atoms with Crippen LogP contribution < -0.4 is 0 Å². The van der Waals surface area contributed by atoms with Crippen LogP contribution in [0.2, 0.25) is 5.02 Å². The summed E-state index contributed by atoms with van der Waals surface area (Å²) in [5.74, 6) is -0.212. The molecular weight excluding hydrogens is 229 g/mol. The number of piperidine rings is 1. The Morgan fingerprint density at radius 2 is 2.06 bits per heavy atom. The standard InChI is InChI=1S/C12H15ClFNO/c13-10-1-2-12(14)9(7-10)8-15-5-3-11(16)4-6-15/h1-2,7,11,16H,3-6,8H2. The van der Waals surface area contributed by atoms with Gasteiger partial charge in [-0.15, -0.1) is 0 Å². The molecule has 1 saturated heterocycles. The summed E-state index contributed by atoms with van der Waals surface area (Å²) in [5, 5.41) is 9.93. The first-order chi connectivity index (χ1) is 7.65. The summed E-state index contributed by atoms with van der Waals surface area (Å²) in [4.78, 5) is 2.14. The maximum absolute atomic E-state index is 13.5. The normalized spacial score (nSPS) is 18.9. The lowest BCUT2D eigenvalue weighted by Gasteiger charge is -2.29. The van der Waals surface area contributed by atoms with E-state index in [1.54, 1.807) is 12.1 Å². The molecule has 2 rings (SSSR count). The summed E-state index contributed by atoms with van der Waals surface area (Å²) >= 11 is 5.83. The van der Waals surface area contributed by atoms with Crippen molar-refractivity contribution in [3.05, 3.63) is 34.6 Å². The number of benzene rings is 1. The maximum atomic E-state index is 13.5. The van der Waals surface area contributed by atoms with Crippen molar-refractivity contribution in [1.82, 2.24) is 4.90 Å². The molecule has 0 atom stereocenters. The Balaban J connectivity index is 2.00. The van der Waals surface area contributed by atoms with Crippen LogP contribution in [0.3, 0.4) is 0 Å². The second-order valence-electron chi connectivity index (χ2n) is 4.24. The first kappa shape index (κ1) is 11.8. The number of rotatable bonds is 2. The highest BCUT2D eigenvalue weighted by atomic mass is 35.5. The van der Waals surface area contributed by atoms with Crippen molar-refractivity contribution in [3.8, 4) is 0 Å². The van der Waals surface area contributed by atoms with Crippen molar-refractivity contribution < 1.29 is 9.50 Å². The molecule has 1 aliphatic rings. The molecule has 0 aromatic heterocycles. The van der Waals surface area contributed by atoms with Crippen LogP contribution >= 0.6 is 11.6 Å². The highest BCUT2D eigenvalue weighted by molar-refractivity contribution is 6.30. The molecule has 1 fully saturated rings. The van der Waals surface area contributed by atoms with E-state index in [-0.39, 0.29) is 11.9 Å². The van der Waals surface area contributed by atoms with Crippen LogP contribution in [0.15, 0.2) is 18.2 Å². The zero-order valence-electron chi connectivity index (χ0n) is 9.00. The fraction of sp³-hybridized carbons (Fsp3) is 0.500. The van der Waals surface area contributed by atoms with E-state index in [1.165, 1.54) is 6.07 Å². The van der Waals surface area contributed by atoms with Gasteiger partial charge in [0, 0.05) is 30.2 Å². The topological polar surface area (TPSA) is 23.5 Å². The predicted molar refractivity (Wildman–Crippen MR) is 61.9 cm³/mol. The molecule has 1 N–H and O–H groups in total. The molecule has 1 aliphatic heterocycles. The highest BCUT2D eigenvalue weighted by Crippen LogP contribution is 2.19.